The standard InChI is InChI=1S/C4H9N2O/c1-6-3-2-4(5)7/h2-3H2,1H3,(H2,5,7). The van der Waals surface area contributed by atoms with E-state index in [1.54, 1.807) is 7.05 Å². The summed E-state index contributed by atoms with van der Waals surface area (Å²) < 4.78 is 0. The van der Waals surface area contributed by atoms with Gasteiger partial charge in [-0.1, -0.05) is 0 Å². The zero-order valence-corrected chi connectivity index (χ0v) is 4.35. The van der Waals surface area contributed by atoms with Gasteiger partial charge in [0, 0.05) is 20.0 Å². The molecule has 0 atom stereocenters. The maximum atomic E-state index is 9.92. The number of hydrogen-bond donors (Lipinski definition) is 1. The Morgan fingerprint density at radius 2 is 2.43 bits per heavy atom. The molecule has 0 aromatic carbocycles. The summed E-state index contributed by atoms with van der Waals surface area (Å²) in [7, 11) is 1.66. The molecule has 0 saturated heterocycles. The Kier molecular flexibility index (Phi) is 3.32. The fourth-order valence-electron chi connectivity index (χ4n) is 0.222. The molecule has 0 fully saturated rings. The van der Waals surface area contributed by atoms with Crippen LogP contribution in [-0.2, 0) is 4.79 Å². The summed E-state index contributed by atoms with van der Waals surface area (Å²) in [5, 5.41) is 3.68. The summed E-state index contributed by atoms with van der Waals surface area (Å²) in [4.78, 5) is 9.92. The van der Waals surface area contributed by atoms with Gasteiger partial charge < -0.3 is 5.73 Å². The van der Waals surface area contributed by atoms with Gasteiger partial charge in [0.25, 0.3) is 0 Å². The molecular weight excluding hydrogens is 92.1 g/mol. The Balaban J connectivity index is 2.82. The van der Waals surface area contributed by atoms with Gasteiger partial charge in [-0.2, -0.15) is 0 Å². The molecule has 0 aliphatic heterocycles. The fourth-order valence-corrected chi connectivity index (χ4v) is 0.222. The van der Waals surface area contributed by atoms with E-state index in [1.165, 1.54) is 0 Å². The average molecular weight is 101 g/mol. The Morgan fingerprint density at radius 3 is 2.57 bits per heavy atom. The molecule has 0 aromatic rings. The molecule has 3 heteroatoms. The first-order valence-corrected chi connectivity index (χ1v) is 2.11. The van der Waals surface area contributed by atoms with E-state index in [2.05, 4.69) is 5.32 Å². The van der Waals surface area contributed by atoms with Crippen LogP contribution in [0.5, 0.6) is 0 Å². The molecule has 0 aromatic heterocycles. The molecule has 0 spiro atoms. The Hall–Kier alpha value is -0.570. The molecule has 0 bridgehead atoms. The number of nitrogens with two attached hydrogens (primary N) is 1. The number of amides is 1. The number of rotatable bonds is 3. The highest BCUT2D eigenvalue weighted by Gasteiger charge is 1.88. The number of hydrogen-bond acceptors (Lipinski definition) is 1. The maximum Gasteiger partial charge on any atom is 0.218 e. The van der Waals surface area contributed by atoms with Crippen LogP contribution in [0.1, 0.15) is 6.42 Å². The smallest absolute Gasteiger partial charge is 0.218 e. The maximum absolute atomic E-state index is 9.92. The van der Waals surface area contributed by atoms with Gasteiger partial charge in [0.05, 0.1) is 0 Å². The van der Waals surface area contributed by atoms with Crippen LogP contribution in [0.4, 0.5) is 0 Å². The minimum atomic E-state index is -0.286. The molecule has 0 saturated carbocycles. The van der Waals surface area contributed by atoms with Gasteiger partial charge in [0.1, 0.15) is 0 Å². The minimum absolute atomic E-state index is 0.286. The van der Waals surface area contributed by atoms with E-state index in [0.717, 1.165) is 0 Å². The quantitative estimate of drug-likeness (QED) is 0.492. The minimum Gasteiger partial charge on any atom is -0.370 e. The molecule has 0 aliphatic rings. The van der Waals surface area contributed by atoms with Gasteiger partial charge in [0.2, 0.25) is 5.91 Å². The van der Waals surface area contributed by atoms with E-state index in [-0.39, 0.29) is 5.91 Å². The third kappa shape index (κ3) is 5.43. The van der Waals surface area contributed by atoms with Crippen LogP contribution in [0.15, 0.2) is 0 Å². The first-order valence-electron chi connectivity index (χ1n) is 2.11. The van der Waals surface area contributed by atoms with Crippen molar-refractivity contribution in [3.8, 4) is 0 Å². The van der Waals surface area contributed by atoms with E-state index in [1.807, 2.05) is 0 Å². The fraction of sp³-hybridized carbons (Fsp3) is 0.750. The van der Waals surface area contributed by atoms with E-state index in [9.17, 15) is 4.79 Å². The molecule has 0 aliphatic carbocycles. The third-order valence-electron chi connectivity index (χ3n) is 0.582. The molecule has 0 rings (SSSR count). The monoisotopic (exact) mass is 101 g/mol. The van der Waals surface area contributed by atoms with Gasteiger partial charge in [0.15, 0.2) is 0 Å². The van der Waals surface area contributed by atoms with Crippen molar-refractivity contribution < 1.29 is 4.79 Å². The van der Waals surface area contributed by atoms with Crippen molar-refractivity contribution >= 4 is 5.91 Å². The van der Waals surface area contributed by atoms with Gasteiger partial charge in [-0.3, -0.25) is 4.79 Å². The number of carbonyl (C=O) groups excluding carboxylic acids is 1. The normalized spacial score (nSPS) is 8.71. The first-order chi connectivity index (χ1) is 3.27. The van der Waals surface area contributed by atoms with Crippen LogP contribution < -0.4 is 11.1 Å². The van der Waals surface area contributed by atoms with Crippen molar-refractivity contribution in [1.82, 2.24) is 5.32 Å². The van der Waals surface area contributed by atoms with Crippen LogP contribution >= 0.6 is 0 Å². The highest BCUT2D eigenvalue weighted by atomic mass is 16.1. The lowest BCUT2D eigenvalue weighted by Crippen LogP contribution is -2.15. The Labute approximate surface area is 42.9 Å². The predicted molar refractivity (Wildman–Crippen MR) is 26.7 cm³/mol. The lowest BCUT2D eigenvalue weighted by molar-refractivity contribution is -0.117. The second kappa shape index (κ2) is 3.61. The van der Waals surface area contributed by atoms with E-state index in [0.29, 0.717) is 13.0 Å². The molecule has 1 amide bonds. The summed E-state index contributed by atoms with van der Waals surface area (Å²) >= 11 is 0. The zero-order valence-electron chi connectivity index (χ0n) is 4.35. The number of nitrogens with zero attached hydrogens (tertiary/aromatic N) is 1. The third-order valence-corrected chi connectivity index (χ3v) is 0.582. The molecule has 41 valence electrons. The van der Waals surface area contributed by atoms with Crippen molar-refractivity contribution in [1.29, 1.82) is 0 Å². The number of carbonyl (C=O) groups is 1. The second-order valence-corrected chi connectivity index (χ2v) is 1.26. The lowest BCUT2D eigenvalue weighted by Gasteiger charge is -1.87. The highest BCUT2D eigenvalue weighted by molar-refractivity contribution is 5.73. The second-order valence-electron chi connectivity index (χ2n) is 1.26. The zero-order chi connectivity index (χ0) is 5.70. The van der Waals surface area contributed by atoms with Crippen LogP contribution in [0, 0.1) is 0 Å². The van der Waals surface area contributed by atoms with Crippen molar-refractivity contribution in [3.05, 3.63) is 0 Å². The van der Waals surface area contributed by atoms with Gasteiger partial charge >= 0.3 is 0 Å². The predicted octanol–water partition coefficient (Wildman–Crippen LogP) is -0.904. The summed E-state index contributed by atoms with van der Waals surface area (Å²) in [6.07, 6.45) is 0.372. The summed E-state index contributed by atoms with van der Waals surface area (Å²) in [6.45, 7) is 0.551. The molecular formula is C4H9N2O. The van der Waals surface area contributed by atoms with Crippen molar-refractivity contribution in [3.63, 3.8) is 0 Å². The molecule has 1 radical (unpaired) electrons. The SMILES string of the molecule is C[N]CCC(N)=O. The number of primary amides is 1. The summed E-state index contributed by atoms with van der Waals surface area (Å²) in [6, 6.07) is 0. The molecule has 2 N–H and O–H groups in total. The lowest BCUT2D eigenvalue weighted by atomic mass is 10.4. The van der Waals surface area contributed by atoms with Gasteiger partial charge in [-0.05, 0) is 0 Å². The van der Waals surface area contributed by atoms with Gasteiger partial charge in [-0.25, -0.2) is 5.32 Å². The van der Waals surface area contributed by atoms with Crippen molar-refractivity contribution in [2.24, 2.45) is 5.73 Å². The Morgan fingerprint density at radius 1 is 1.86 bits per heavy atom. The molecule has 0 heterocycles. The van der Waals surface area contributed by atoms with Crippen molar-refractivity contribution in [2.75, 3.05) is 13.6 Å². The largest absolute Gasteiger partial charge is 0.370 e. The van der Waals surface area contributed by atoms with Crippen LogP contribution in [0.3, 0.4) is 0 Å². The van der Waals surface area contributed by atoms with Gasteiger partial charge in [-0.15, -0.1) is 0 Å². The molecule has 0 unspecified atom stereocenters. The summed E-state index contributed by atoms with van der Waals surface area (Å²) in [5.41, 5.74) is 4.78. The van der Waals surface area contributed by atoms with E-state index >= 15 is 0 Å². The van der Waals surface area contributed by atoms with E-state index < -0.39 is 0 Å². The van der Waals surface area contributed by atoms with Crippen LogP contribution in [0.25, 0.3) is 0 Å². The van der Waals surface area contributed by atoms with Crippen LogP contribution in [-0.4, -0.2) is 19.5 Å². The van der Waals surface area contributed by atoms with Crippen molar-refractivity contribution in [2.45, 2.75) is 6.42 Å². The Bertz CT molecular complexity index is 62.7. The highest BCUT2D eigenvalue weighted by Crippen LogP contribution is 1.69. The molecule has 7 heavy (non-hydrogen) atoms. The average Bonchev–Trinajstić information content (AvgIpc) is 1.61. The molecule has 3 nitrogen and oxygen atoms in total. The van der Waals surface area contributed by atoms with E-state index in [4.69, 9.17) is 5.73 Å². The summed E-state index contributed by atoms with van der Waals surface area (Å²) in [5.74, 6) is -0.286. The first kappa shape index (κ1) is 6.43. The van der Waals surface area contributed by atoms with Crippen LogP contribution in [0.2, 0.25) is 0 Å². The topological polar surface area (TPSA) is 57.2 Å².